The van der Waals surface area contributed by atoms with Gasteiger partial charge in [0.1, 0.15) is 5.82 Å². The normalized spacial score (nSPS) is 25.3. The topological polar surface area (TPSA) is 50.5 Å². The molecule has 1 atom stereocenters. The monoisotopic (exact) mass is 333 g/mol. The van der Waals surface area contributed by atoms with E-state index in [0.29, 0.717) is 25.6 Å². The fourth-order valence-electron chi connectivity index (χ4n) is 3.50. The van der Waals surface area contributed by atoms with E-state index in [2.05, 4.69) is 9.88 Å². The Bertz CT molecular complexity index is 549. The lowest BCUT2D eigenvalue weighted by Gasteiger charge is -2.45. The Morgan fingerprint density at radius 3 is 2.70 bits per heavy atom. The van der Waals surface area contributed by atoms with Gasteiger partial charge in [-0.05, 0) is 19.4 Å². The number of imidazole rings is 1. The van der Waals surface area contributed by atoms with Gasteiger partial charge < -0.3 is 19.3 Å². The van der Waals surface area contributed by atoms with Crippen LogP contribution in [-0.2, 0) is 18.0 Å². The largest absolute Gasteiger partial charge is 0.434 e. The van der Waals surface area contributed by atoms with Gasteiger partial charge in [-0.3, -0.25) is 0 Å². The Labute approximate surface area is 133 Å². The molecule has 0 radical (unpaired) electrons. The number of halogens is 3. The zero-order chi connectivity index (χ0) is 16.7. The smallest absolute Gasteiger partial charge is 0.396 e. The number of nitrogens with zero attached hydrogens (tertiary/aromatic N) is 3. The molecule has 8 heteroatoms. The van der Waals surface area contributed by atoms with Crippen LogP contribution in [0.4, 0.5) is 13.2 Å². The van der Waals surface area contributed by atoms with Crippen molar-refractivity contribution in [3.05, 3.63) is 17.7 Å². The number of rotatable bonds is 4. The molecule has 0 spiro atoms. The van der Waals surface area contributed by atoms with Crippen LogP contribution in [0.3, 0.4) is 0 Å². The van der Waals surface area contributed by atoms with Crippen LogP contribution in [0.25, 0.3) is 0 Å². The van der Waals surface area contributed by atoms with Crippen molar-refractivity contribution in [2.24, 2.45) is 12.5 Å². The molecule has 1 aromatic heterocycles. The molecule has 1 aromatic rings. The molecular weight excluding hydrogens is 311 g/mol. The number of aryl methyl sites for hydroxylation is 1. The molecule has 3 heterocycles. The molecule has 0 aliphatic carbocycles. The molecule has 3 rings (SSSR count). The van der Waals surface area contributed by atoms with Crippen LogP contribution in [0.1, 0.15) is 30.3 Å². The fraction of sp³-hybridized carbons (Fsp3) is 0.800. The van der Waals surface area contributed by atoms with Gasteiger partial charge in [-0.15, -0.1) is 0 Å². The number of aliphatic hydroxyl groups is 1. The molecule has 0 bridgehead atoms. The highest BCUT2D eigenvalue weighted by Gasteiger charge is 2.41. The van der Waals surface area contributed by atoms with Crippen LogP contribution < -0.4 is 0 Å². The number of hydrogen-bond acceptors (Lipinski definition) is 4. The highest BCUT2D eigenvalue weighted by Crippen LogP contribution is 2.34. The summed E-state index contributed by atoms with van der Waals surface area (Å²) in [5, 5.41) is 9.54. The van der Waals surface area contributed by atoms with Gasteiger partial charge in [-0.25, -0.2) is 4.98 Å². The van der Waals surface area contributed by atoms with Gasteiger partial charge in [0, 0.05) is 32.3 Å². The highest BCUT2D eigenvalue weighted by molar-refractivity contribution is 5.12. The molecule has 2 aliphatic rings. The lowest BCUT2D eigenvalue weighted by molar-refractivity contribution is -0.150. The SMILES string of the molecule is Cn1cc(C(F)(F)F)nc1C1CCCN(CC2(CO)COC2)C1. The Hall–Kier alpha value is -1.12. The lowest BCUT2D eigenvalue weighted by atomic mass is 9.85. The van der Waals surface area contributed by atoms with E-state index in [1.807, 2.05) is 0 Å². The zero-order valence-corrected chi connectivity index (χ0v) is 13.1. The molecule has 130 valence electrons. The summed E-state index contributed by atoms with van der Waals surface area (Å²) in [4.78, 5) is 6.04. The summed E-state index contributed by atoms with van der Waals surface area (Å²) in [5.74, 6) is 0.478. The quantitative estimate of drug-likeness (QED) is 0.910. The summed E-state index contributed by atoms with van der Waals surface area (Å²) >= 11 is 0. The van der Waals surface area contributed by atoms with Crippen molar-refractivity contribution in [1.29, 1.82) is 0 Å². The molecular formula is C15H22F3N3O2. The van der Waals surface area contributed by atoms with Gasteiger partial charge in [0.15, 0.2) is 5.69 Å². The van der Waals surface area contributed by atoms with Crippen LogP contribution >= 0.6 is 0 Å². The first kappa shape index (κ1) is 16.7. The lowest BCUT2D eigenvalue weighted by Crippen LogP contribution is -2.54. The Balaban J connectivity index is 1.70. The van der Waals surface area contributed by atoms with Gasteiger partial charge >= 0.3 is 6.18 Å². The third kappa shape index (κ3) is 3.39. The van der Waals surface area contributed by atoms with E-state index >= 15 is 0 Å². The number of ether oxygens (including phenoxy) is 1. The van der Waals surface area contributed by atoms with Gasteiger partial charge in [0.25, 0.3) is 0 Å². The van der Waals surface area contributed by atoms with Gasteiger partial charge in [-0.1, -0.05) is 0 Å². The second kappa shape index (κ2) is 6.07. The van der Waals surface area contributed by atoms with E-state index in [-0.39, 0.29) is 17.9 Å². The third-order valence-corrected chi connectivity index (χ3v) is 4.78. The van der Waals surface area contributed by atoms with Crippen LogP contribution in [0, 0.1) is 5.41 Å². The molecule has 2 aliphatic heterocycles. The first-order chi connectivity index (χ1) is 10.8. The van der Waals surface area contributed by atoms with Crippen molar-refractivity contribution < 1.29 is 23.0 Å². The minimum Gasteiger partial charge on any atom is -0.396 e. The number of piperidine rings is 1. The van der Waals surface area contributed by atoms with Crippen molar-refractivity contribution >= 4 is 0 Å². The van der Waals surface area contributed by atoms with Crippen molar-refractivity contribution in [2.75, 3.05) is 39.5 Å². The maximum absolute atomic E-state index is 12.8. The molecule has 0 saturated carbocycles. The van der Waals surface area contributed by atoms with Crippen LogP contribution in [-0.4, -0.2) is 59.0 Å². The molecule has 1 unspecified atom stereocenters. The minimum absolute atomic E-state index is 0.0124. The Morgan fingerprint density at radius 2 is 2.17 bits per heavy atom. The zero-order valence-electron chi connectivity index (χ0n) is 13.1. The summed E-state index contributed by atoms with van der Waals surface area (Å²) < 4.78 is 45.2. The number of hydrogen-bond donors (Lipinski definition) is 1. The average Bonchev–Trinajstić information content (AvgIpc) is 2.85. The summed E-state index contributed by atoms with van der Waals surface area (Å²) in [7, 11) is 1.62. The molecule has 5 nitrogen and oxygen atoms in total. The average molecular weight is 333 g/mol. The maximum atomic E-state index is 12.8. The van der Waals surface area contributed by atoms with Gasteiger partial charge in [0.2, 0.25) is 0 Å². The number of aliphatic hydroxyl groups excluding tert-OH is 1. The summed E-state index contributed by atoms with van der Waals surface area (Å²) in [6, 6.07) is 0. The van der Waals surface area contributed by atoms with Crippen molar-refractivity contribution in [3.63, 3.8) is 0 Å². The third-order valence-electron chi connectivity index (χ3n) is 4.78. The van der Waals surface area contributed by atoms with Crippen LogP contribution in [0.2, 0.25) is 0 Å². The number of aromatic nitrogens is 2. The second-order valence-corrected chi connectivity index (χ2v) is 6.82. The Kier molecular flexibility index (Phi) is 4.41. The molecule has 0 amide bonds. The first-order valence-corrected chi connectivity index (χ1v) is 7.84. The molecule has 23 heavy (non-hydrogen) atoms. The predicted molar refractivity (Wildman–Crippen MR) is 77.0 cm³/mol. The van der Waals surface area contributed by atoms with E-state index in [4.69, 9.17) is 4.74 Å². The Morgan fingerprint density at radius 1 is 1.43 bits per heavy atom. The summed E-state index contributed by atoms with van der Waals surface area (Å²) in [5.41, 5.74) is -1.04. The van der Waals surface area contributed by atoms with Crippen molar-refractivity contribution in [1.82, 2.24) is 14.5 Å². The van der Waals surface area contributed by atoms with E-state index < -0.39 is 11.9 Å². The van der Waals surface area contributed by atoms with Crippen molar-refractivity contribution in [3.8, 4) is 0 Å². The van der Waals surface area contributed by atoms with Crippen molar-refractivity contribution in [2.45, 2.75) is 24.9 Å². The predicted octanol–water partition coefficient (Wildman–Crippen LogP) is 1.63. The fourth-order valence-corrected chi connectivity index (χ4v) is 3.50. The van der Waals surface area contributed by atoms with Gasteiger partial charge in [0.05, 0.1) is 25.2 Å². The summed E-state index contributed by atoms with van der Waals surface area (Å²) in [6.45, 7) is 3.46. The molecule has 2 fully saturated rings. The van der Waals surface area contributed by atoms with Crippen LogP contribution in [0.15, 0.2) is 6.20 Å². The standard InChI is InChI=1S/C15H22F3N3O2/c1-20-6-12(15(16,17)18)19-13(20)11-3-2-4-21(5-11)7-14(8-22)9-23-10-14/h6,11,22H,2-5,7-10H2,1H3. The molecule has 2 saturated heterocycles. The highest BCUT2D eigenvalue weighted by atomic mass is 19.4. The van der Waals surface area contributed by atoms with Crippen LogP contribution in [0.5, 0.6) is 0 Å². The minimum atomic E-state index is -4.41. The van der Waals surface area contributed by atoms with E-state index in [1.165, 1.54) is 4.57 Å². The molecule has 0 aromatic carbocycles. The maximum Gasteiger partial charge on any atom is 0.434 e. The number of alkyl halides is 3. The second-order valence-electron chi connectivity index (χ2n) is 6.82. The number of likely N-dealkylation sites (tertiary alicyclic amines) is 1. The van der Waals surface area contributed by atoms with E-state index in [9.17, 15) is 18.3 Å². The summed E-state index contributed by atoms with van der Waals surface area (Å²) in [6.07, 6.45) is -1.60. The van der Waals surface area contributed by atoms with E-state index in [0.717, 1.165) is 32.1 Å². The first-order valence-electron chi connectivity index (χ1n) is 7.84. The van der Waals surface area contributed by atoms with E-state index in [1.54, 1.807) is 7.05 Å². The molecule has 1 N–H and O–H groups in total. The van der Waals surface area contributed by atoms with Gasteiger partial charge in [-0.2, -0.15) is 13.2 Å².